The summed E-state index contributed by atoms with van der Waals surface area (Å²) in [6.45, 7) is 9.61. The number of carbonyl (C=O) groups excluding carboxylic acids is 2. The Hall–Kier alpha value is -3.02. The average Bonchev–Trinajstić information content (AvgIpc) is 2.60. The van der Waals surface area contributed by atoms with E-state index < -0.39 is 0 Å². The van der Waals surface area contributed by atoms with Crippen LogP contribution in [0.15, 0.2) is 42.5 Å². The molecule has 0 unspecified atom stereocenters. The predicted octanol–water partition coefficient (Wildman–Crippen LogP) is 4.26. The average molecular weight is 384 g/mol. The molecule has 0 aromatic heterocycles. The molecule has 0 saturated carbocycles. The second kappa shape index (κ2) is 8.78. The molecule has 2 N–H and O–H groups in total. The van der Waals surface area contributed by atoms with E-state index in [9.17, 15) is 9.59 Å². The number of amides is 2. The Morgan fingerprint density at radius 1 is 0.893 bits per heavy atom. The molecule has 2 rings (SSSR count). The first-order valence-corrected chi connectivity index (χ1v) is 9.17. The third kappa shape index (κ3) is 6.01. The number of ether oxygens (including phenoxy) is 2. The van der Waals surface area contributed by atoms with Crippen LogP contribution < -0.4 is 20.1 Å². The summed E-state index contributed by atoms with van der Waals surface area (Å²) in [6, 6.07) is 11.8. The molecule has 6 nitrogen and oxygen atoms in total. The molecule has 6 heteroatoms. The zero-order valence-electron chi connectivity index (χ0n) is 17.3. The molecule has 2 amide bonds. The number of nitrogens with one attached hydrogen (secondary N) is 2. The van der Waals surface area contributed by atoms with Gasteiger partial charge in [-0.25, -0.2) is 0 Å². The first-order valence-electron chi connectivity index (χ1n) is 9.17. The second-order valence-electron chi connectivity index (χ2n) is 7.77. The van der Waals surface area contributed by atoms with E-state index in [0.717, 1.165) is 0 Å². The Labute approximate surface area is 166 Å². The van der Waals surface area contributed by atoms with E-state index >= 15 is 0 Å². The van der Waals surface area contributed by atoms with Gasteiger partial charge in [0.1, 0.15) is 0 Å². The second-order valence-corrected chi connectivity index (χ2v) is 7.77. The van der Waals surface area contributed by atoms with Crippen molar-refractivity contribution in [2.24, 2.45) is 0 Å². The maximum absolute atomic E-state index is 12.5. The molecule has 0 bridgehead atoms. The summed E-state index contributed by atoms with van der Waals surface area (Å²) in [5.41, 5.74) is 1.26. The first-order chi connectivity index (χ1) is 13.1. The molecule has 2 aromatic rings. The van der Waals surface area contributed by atoms with Gasteiger partial charge in [0.2, 0.25) is 0 Å². The zero-order valence-corrected chi connectivity index (χ0v) is 17.3. The number of anilines is 1. The lowest BCUT2D eigenvalue weighted by atomic mass is 10.1. The van der Waals surface area contributed by atoms with Crippen molar-refractivity contribution in [2.45, 2.75) is 46.3 Å². The van der Waals surface area contributed by atoms with Crippen LogP contribution in [0.3, 0.4) is 0 Å². The van der Waals surface area contributed by atoms with E-state index in [1.807, 2.05) is 34.6 Å². The van der Waals surface area contributed by atoms with Gasteiger partial charge in [-0.1, -0.05) is 0 Å². The van der Waals surface area contributed by atoms with Gasteiger partial charge in [-0.2, -0.15) is 0 Å². The summed E-state index contributed by atoms with van der Waals surface area (Å²) >= 11 is 0. The van der Waals surface area contributed by atoms with Crippen LogP contribution in [0, 0.1) is 0 Å². The lowest BCUT2D eigenvalue weighted by molar-refractivity contribution is 0.0919. The number of benzene rings is 2. The molecule has 0 aliphatic heterocycles. The summed E-state index contributed by atoms with van der Waals surface area (Å²) in [6.07, 6.45) is 0.00238. The molecule has 0 aliphatic rings. The fraction of sp³-hybridized carbons (Fsp3) is 0.364. The van der Waals surface area contributed by atoms with Crippen molar-refractivity contribution >= 4 is 17.5 Å². The summed E-state index contributed by atoms with van der Waals surface area (Å²) in [7, 11) is 1.53. The highest BCUT2D eigenvalue weighted by Gasteiger charge is 2.16. The van der Waals surface area contributed by atoms with Gasteiger partial charge in [0.05, 0.1) is 13.2 Å². The molecule has 0 fully saturated rings. The Bertz CT molecular complexity index is 837. The molecular weight excluding hydrogens is 356 g/mol. The third-order valence-electron chi connectivity index (χ3n) is 3.68. The van der Waals surface area contributed by atoms with Crippen LogP contribution in [0.4, 0.5) is 5.69 Å². The number of carbonyl (C=O) groups is 2. The van der Waals surface area contributed by atoms with Gasteiger partial charge in [-0.15, -0.1) is 0 Å². The lowest BCUT2D eigenvalue weighted by Crippen LogP contribution is -2.40. The van der Waals surface area contributed by atoms with Crippen molar-refractivity contribution in [3.05, 3.63) is 53.6 Å². The summed E-state index contributed by atoms with van der Waals surface area (Å²) in [5, 5.41) is 5.72. The van der Waals surface area contributed by atoms with Crippen LogP contribution in [-0.4, -0.2) is 30.6 Å². The van der Waals surface area contributed by atoms with E-state index in [1.54, 1.807) is 42.5 Å². The molecule has 28 heavy (non-hydrogen) atoms. The fourth-order valence-corrected chi connectivity index (χ4v) is 2.48. The highest BCUT2D eigenvalue weighted by molar-refractivity contribution is 6.05. The molecule has 0 heterocycles. The summed E-state index contributed by atoms with van der Waals surface area (Å²) in [4.78, 5) is 24.7. The van der Waals surface area contributed by atoms with Crippen molar-refractivity contribution in [2.75, 3.05) is 12.4 Å². The van der Waals surface area contributed by atoms with Gasteiger partial charge in [-0.05, 0) is 77.1 Å². The first kappa shape index (κ1) is 21.3. The summed E-state index contributed by atoms with van der Waals surface area (Å²) in [5.74, 6) is 0.649. The molecule has 0 atom stereocenters. The SMILES string of the molecule is COc1cc(C(=O)Nc2ccc(C(=O)NC(C)(C)C)cc2)ccc1OC(C)C. The van der Waals surface area contributed by atoms with Crippen LogP contribution in [0.25, 0.3) is 0 Å². The minimum absolute atomic E-state index is 0.00238. The van der Waals surface area contributed by atoms with E-state index in [1.165, 1.54) is 7.11 Å². The number of hydrogen-bond acceptors (Lipinski definition) is 4. The molecule has 2 aromatic carbocycles. The van der Waals surface area contributed by atoms with Crippen molar-refractivity contribution in [1.82, 2.24) is 5.32 Å². The van der Waals surface area contributed by atoms with Gasteiger partial charge in [0.15, 0.2) is 11.5 Å². The maximum atomic E-state index is 12.5. The third-order valence-corrected chi connectivity index (χ3v) is 3.68. The van der Waals surface area contributed by atoms with Gasteiger partial charge >= 0.3 is 0 Å². The quantitative estimate of drug-likeness (QED) is 0.780. The standard InChI is InChI=1S/C22H28N2O4/c1-14(2)28-18-12-9-16(13-19(18)27-6)20(25)23-17-10-7-15(8-11-17)21(26)24-22(3,4)5/h7-14H,1-6H3,(H,23,25)(H,24,26). The zero-order chi connectivity index (χ0) is 20.9. The molecule has 0 radical (unpaired) electrons. The van der Waals surface area contributed by atoms with Gasteiger partial charge in [0, 0.05) is 22.4 Å². The van der Waals surface area contributed by atoms with E-state index in [4.69, 9.17) is 9.47 Å². The van der Waals surface area contributed by atoms with Gasteiger partial charge < -0.3 is 20.1 Å². The van der Waals surface area contributed by atoms with E-state index in [0.29, 0.717) is 28.3 Å². The molecule has 0 saturated heterocycles. The molecule has 0 aliphatic carbocycles. The largest absolute Gasteiger partial charge is 0.493 e. The molecule has 0 spiro atoms. The predicted molar refractivity (Wildman–Crippen MR) is 110 cm³/mol. The number of hydrogen-bond donors (Lipinski definition) is 2. The van der Waals surface area contributed by atoms with E-state index in [-0.39, 0.29) is 23.5 Å². The van der Waals surface area contributed by atoms with Crippen LogP contribution in [0.1, 0.15) is 55.3 Å². The Morgan fingerprint density at radius 3 is 2.04 bits per heavy atom. The normalized spacial score (nSPS) is 11.1. The lowest BCUT2D eigenvalue weighted by Gasteiger charge is -2.20. The molecular formula is C22H28N2O4. The Morgan fingerprint density at radius 2 is 1.50 bits per heavy atom. The Balaban J connectivity index is 2.09. The smallest absolute Gasteiger partial charge is 0.255 e. The van der Waals surface area contributed by atoms with Crippen LogP contribution in [-0.2, 0) is 0 Å². The monoisotopic (exact) mass is 384 g/mol. The van der Waals surface area contributed by atoms with E-state index in [2.05, 4.69) is 10.6 Å². The van der Waals surface area contributed by atoms with Crippen molar-refractivity contribution in [3.63, 3.8) is 0 Å². The minimum atomic E-state index is -0.311. The fourth-order valence-electron chi connectivity index (χ4n) is 2.48. The number of rotatable bonds is 6. The highest BCUT2D eigenvalue weighted by atomic mass is 16.5. The highest BCUT2D eigenvalue weighted by Crippen LogP contribution is 2.29. The van der Waals surface area contributed by atoms with Crippen LogP contribution in [0.2, 0.25) is 0 Å². The summed E-state index contributed by atoms with van der Waals surface area (Å²) < 4.78 is 11.0. The van der Waals surface area contributed by atoms with Gasteiger partial charge in [-0.3, -0.25) is 9.59 Å². The van der Waals surface area contributed by atoms with Crippen LogP contribution >= 0.6 is 0 Å². The minimum Gasteiger partial charge on any atom is -0.493 e. The Kier molecular flexibility index (Phi) is 6.67. The van der Waals surface area contributed by atoms with Crippen molar-refractivity contribution in [1.29, 1.82) is 0 Å². The number of methoxy groups -OCH3 is 1. The van der Waals surface area contributed by atoms with Crippen LogP contribution in [0.5, 0.6) is 11.5 Å². The molecule has 150 valence electrons. The van der Waals surface area contributed by atoms with Crippen molar-refractivity contribution < 1.29 is 19.1 Å². The maximum Gasteiger partial charge on any atom is 0.255 e. The van der Waals surface area contributed by atoms with Gasteiger partial charge in [0.25, 0.3) is 11.8 Å². The topological polar surface area (TPSA) is 76.7 Å². The van der Waals surface area contributed by atoms with Crippen molar-refractivity contribution in [3.8, 4) is 11.5 Å².